The summed E-state index contributed by atoms with van der Waals surface area (Å²) in [5, 5.41) is 7.78. The first-order chi connectivity index (χ1) is 8.68. The number of nitrogens with one attached hydrogen (secondary N) is 1. The van der Waals surface area contributed by atoms with Gasteiger partial charge in [0.05, 0.1) is 5.69 Å². The van der Waals surface area contributed by atoms with Gasteiger partial charge in [0.2, 0.25) is 0 Å². The van der Waals surface area contributed by atoms with E-state index in [1.807, 2.05) is 17.9 Å². The summed E-state index contributed by atoms with van der Waals surface area (Å²) in [6.45, 7) is 9.19. The summed E-state index contributed by atoms with van der Waals surface area (Å²) in [6, 6.07) is 2.74. The Morgan fingerprint density at radius 1 is 1.33 bits per heavy atom. The standard InChI is InChI=1S/C14H26N4/c1-12(2)14(18-8-4-5-9-18)11-15-10-13-6-7-16-17(13)3/h6-7,12,14-15H,4-5,8-11H2,1-3H3. The fraction of sp³-hybridized carbons (Fsp3) is 0.786. The van der Waals surface area contributed by atoms with Crippen LogP contribution in [0.25, 0.3) is 0 Å². The second-order valence-corrected chi connectivity index (χ2v) is 5.63. The lowest BCUT2D eigenvalue weighted by atomic mass is 10.0. The average molecular weight is 250 g/mol. The highest BCUT2D eigenvalue weighted by Crippen LogP contribution is 2.17. The van der Waals surface area contributed by atoms with Crippen LogP contribution in [0.2, 0.25) is 0 Å². The van der Waals surface area contributed by atoms with Crippen molar-refractivity contribution in [2.45, 2.75) is 39.3 Å². The smallest absolute Gasteiger partial charge is 0.0518 e. The molecule has 4 nitrogen and oxygen atoms in total. The molecule has 1 aliphatic rings. The lowest BCUT2D eigenvalue weighted by Gasteiger charge is -2.31. The maximum Gasteiger partial charge on any atom is 0.0518 e. The summed E-state index contributed by atoms with van der Waals surface area (Å²) in [5.74, 6) is 0.710. The highest BCUT2D eigenvalue weighted by molar-refractivity contribution is 4.99. The largest absolute Gasteiger partial charge is 0.310 e. The van der Waals surface area contributed by atoms with Gasteiger partial charge in [-0.2, -0.15) is 5.10 Å². The van der Waals surface area contributed by atoms with E-state index in [0.29, 0.717) is 12.0 Å². The molecule has 0 saturated carbocycles. The molecule has 0 amide bonds. The molecule has 1 aromatic rings. The Bertz CT molecular complexity index is 352. The summed E-state index contributed by atoms with van der Waals surface area (Å²) in [6.07, 6.45) is 4.59. The predicted molar refractivity (Wildman–Crippen MR) is 74.3 cm³/mol. The monoisotopic (exact) mass is 250 g/mol. The van der Waals surface area contributed by atoms with E-state index in [0.717, 1.165) is 13.1 Å². The van der Waals surface area contributed by atoms with Gasteiger partial charge < -0.3 is 5.32 Å². The van der Waals surface area contributed by atoms with E-state index in [1.54, 1.807) is 0 Å². The van der Waals surface area contributed by atoms with Crippen molar-refractivity contribution < 1.29 is 0 Å². The summed E-state index contributed by atoms with van der Waals surface area (Å²) in [5.41, 5.74) is 1.25. The van der Waals surface area contributed by atoms with E-state index in [-0.39, 0.29) is 0 Å². The first-order valence-electron chi connectivity index (χ1n) is 7.10. The van der Waals surface area contributed by atoms with Crippen LogP contribution in [0.15, 0.2) is 12.3 Å². The molecule has 102 valence electrons. The zero-order valence-corrected chi connectivity index (χ0v) is 11.9. The Balaban J connectivity index is 1.80. The van der Waals surface area contributed by atoms with Gasteiger partial charge in [0, 0.05) is 32.4 Å². The summed E-state index contributed by atoms with van der Waals surface area (Å²) >= 11 is 0. The third-order valence-electron chi connectivity index (χ3n) is 3.96. The molecule has 1 atom stereocenters. The van der Waals surface area contributed by atoms with Crippen LogP contribution in [0.1, 0.15) is 32.4 Å². The van der Waals surface area contributed by atoms with Crippen LogP contribution in [0.3, 0.4) is 0 Å². The van der Waals surface area contributed by atoms with Gasteiger partial charge >= 0.3 is 0 Å². The SMILES string of the molecule is CC(C)C(CNCc1ccnn1C)N1CCCC1. The van der Waals surface area contributed by atoms with Crippen LogP contribution >= 0.6 is 0 Å². The number of aryl methyl sites for hydroxylation is 1. The zero-order chi connectivity index (χ0) is 13.0. The minimum absolute atomic E-state index is 0.667. The van der Waals surface area contributed by atoms with Gasteiger partial charge in [0.1, 0.15) is 0 Å². The Labute approximate surface area is 110 Å². The van der Waals surface area contributed by atoms with Crippen LogP contribution in [-0.2, 0) is 13.6 Å². The number of hydrogen-bond acceptors (Lipinski definition) is 3. The number of hydrogen-bond donors (Lipinski definition) is 1. The van der Waals surface area contributed by atoms with Gasteiger partial charge in [-0.15, -0.1) is 0 Å². The lowest BCUT2D eigenvalue weighted by molar-refractivity contribution is 0.186. The van der Waals surface area contributed by atoms with Crippen LogP contribution < -0.4 is 5.32 Å². The first-order valence-corrected chi connectivity index (χ1v) is 7.10. The minimum Gasteiger partial charge on any atom is -0.310 e. The van der Waals surface area contributed by atoms with Crippen molar-refractivity contribution in [1.82, 2.24) is 20.0 Å². The molecule has 4 heteroatoms. The fourth-order valence-electron chi connectivity index (χ4n) is 2.78. The summed E-state index contributed by atoms with van der Waals surface area (Å²) in [7, 11) is 2.00. The van der Waals surface area contributed by atoms with Crippen LogP contribution in [0, 0.1) is 5.92 Å². The number of likely N-dealkylation sites (tertiary alicyclic amines) is 1. The van der Waals surface area contributed by atoms with Crippen molar-refractivity contribution in [2.75, 3.05) is 19.6 Å². The van der Waals surface area contributed by atoms with Gasteiger partial charge in [-0.25, -0.2) is 0 Å². The molecule has 1 fully saturated rings. The van der Waals surface area contributed by atoms with Gasteiger partial charge in [0.25, 0.3) is 0 Å². The molecule has 2 heterocycles. The van der Waals surface area contributed by atoms with Gasteiger partial charge in [-0.1, -0.05) is 13.8 Å². The van der Waals surface area contributed by atoms with Crippen LogP contribution in [0.4, 0.5) is 0 Å². The normalized spacial score (nSPS) is 18.7. The molecule has 0 aliphatic carbocycles. The Morgan fingerprint density at radius 2 is 2.06 bits per heavy atom. The van der Waals surface area contributed by atoms with Crippen molar-refractivity contribution in [2.24, 2.45) is 13.0 Å². The predicted octanol–water partition coefficient (Wildman–Crippen LogP) is 1.63. The quantitative estimate of drug-likeness (QED) is 0.833. The van der Waals surface area contributed by atoms with Crippen molar-refractivity contribution in [3.05, 3.63) is 18.0 Å². The number of aromatic nitrogens is 2. The van der Waals surface area contributed by atoms with Crippen molar-refractivity contribution in [1.29, 1.82) is 0 Å². The molecule has 0 radical (unpaired) electrons. The number of rotatable bonds is 6. The molecular weight excluding hydrogens is 224 g/mol. The maximum absolute atomic E-state index is 4.19. The van der Waals surface area contributed by atoms with Crippen LogP contribution in [0.5, 0.6) is 0 Å². The Hall–Kier alpha value is -0.870. The third kappa shape index (κ3) is 3.33. The average Bonchev–Trinajstić information content (AvgIpc) is 2.96. The molecular formula is C14H26N4. The minimum atomic E-state index is 0.667. The lowest BCUT2D eigenvalue weighted by Crippen LogP contribution is -2.44. The van der Waals surface area contributed by atoms with E-state index in [9.17, 15) is 0 Å². The molecule has 0 aromatic carbocycles. The highest BCUT2D eigenvalue weighted by atomic mass is 15.3. The van der Waals surface area contributed by atoms with Gasteiger partial charge in [0.15, 0.2) is 0 Å². The van der Waals surface area contributed by atoms with Crippen molar-refractivity contribution in [3.63, 3.8) is 0 Å². The molecule has 1 unspecified atom stereocenters. The Morgan fingerprint density at radius 3 is 2.61 bits per heavy atom. The molecule has 1 aromatic heterocycles. The topological polar surface area (TPSA) is 33.1 Å². The molecule has 0 bridgehead atoms. The van der Waals surface area contributed by atoms with E-state index < -0.39 is 0 Å². The first kappa shape index (κ1) is 13.6. The maximum atomic E-state index is 4.19. The van der Waals surface area contributed by atoms with Gasteiger partial charge in [-0.3, -0.25) is 9.58 Å². The second-order valence-electron chi connectivity index (χ2n) is 5.63. The highest BCUT2D eigenvalue weighted by Gasteiger charge is 2.23. The van der Waals surface area contributed by atoms with E-state index in [2.05, 4.69) is 35.2 Å². The number of nitrogens with zero attached hydrogens (tertiary/aromatic N) is 3. The van der Waals surface area contributed by atoms with Crippen LogP contribution in [-0.4, -0.2) is 40.4 Å². The molecule has 0 spiro atoms. The molecule has 1 saturated heterocycles. The van der Waals surface area contributed by atoms with Crippen molar-refractivity contribution in [3.8, 4) is 0 Å². The summed E-state index contributed by atoms with van der Waals surface area (Å²) in [4.78, 5) is 2.64. The fourth-order valence-corrected chi connectivity index (χ4v) is 2.78. The molecule has 1 N–H and O–H groups in total. The molecule has 18 heavy (non-hydrogen) atoms. The van der Waals surface area contributed by atoms with E-state index in [1.165, 1.54) is 31.6 Å². The van der Waals surface area contributed by atoms with Gasteiger partial charge in [-0.05, 0) is 37.9 Å². The summed E-state index contributed by atoms with van der Waals surface area (Å²) < 4.78 is 1.94. The third-order valence-corrected chi connectivity index (χ3v) is 3.96. The van der Waals surface area contributed by atoms with E-state index >= 15 is 0 Å². The van der Waals surface area contributed by atoms with E-state index in [4.69, 9.17) is 0 Å². The molecule has 1 aliphatic heterocycles. The molecule has 2 rings (SSSR count). The second kappa shape index (κ2) is 6.34. The van der Waals surface area contributed by atoms with Crippen molar-refractivity contribution >= 4 is 0 Å². The zero-order valence-electron chi connectivity index (χ0n) is 11.9. The Kier molecular flexibility index (Phi) is 4.78.